The van der Waals surface area contributed by atoms with Crippen molar-refractivity contribution in [3.63, 3.8) is 0 Å². The third-order valence-corrected chi connectivity index (χ3v) is 5.58. The number of ether oxygens (including phenoxy) is 1. The van der Waals surface area contributed by atoms with Gasteiger partial charge in [-0.3, -0.25) is 4.90 Å². The summed E-state index contributed by atoms with van der Waals surface area (Å²) in [5.41, 5.74) is -2.35. The van der Waals surface area contributed by atoms with Crippen LogP contribution < -0.4 is 0 Å². The third kappa shape index (κ3) is 4.59. The van der Waals surface area contributed by atoms with Crippen LogP contribution in [0.2, 0.25) is 0 Å². The Bertz CT molecular complexity index is 814. The maximum Gasteiger partial charge on any atom is 0.350 e. The lowest BCUT2D eigenvalue weighted by Crippen LogP contribution is -2.42. The lowest BCUT2D eigenvalue weighted by atomic mass is 9.92. The molecule has 142 valence electrons. The normalized spacial score (nSPS) is 17.0. The van der Waals surface area contributed by atoms with Crippen molar-refractivity contribution in [2.45, 2.75) is 37.9 Å². The van der Waals surface area contributed by atoms with Gasteiger partial charge in [0.1, 0.15) is 0 Å². The molecule has 1 saturated heterocycles. The molecule has 1 N–H and O–H groups in total. The SMILES string of the molecule is CC(C)(C#CCN1CCCC1)OC(=O)C(O)(c1ccccc1)c1cccs1. The zero-order valence-electron chi connectivity index (χ0n) is 15.8. The van der Waals surface area contributed by atoms with Crippen LogP contribution in [0, 0.1) is 11.8 Å². The molecule has 4 nitrogen and oxygen atoms in total. The van der Waals surface area contributed by atoms with Gasteiger partial charge in [0.2, 0.25) is 5.60 Å². The monoisotopic (exact) mass is 383 g/mol. The van der Waals surface area contributed by atoms with Crippen LogP contribution in [-0.2, 0) is 15.1 Å². The topological polar surface area (TPSA) is 49.8 Å². The average molecular weight is 384 g/mol. The van der Waals surface area contributed by atoms with E-state index in [9.17, 15) is 9.90 Å². The highest BCUT2D eigenvalue weighted by molar-refractivity contribution is 7.10. The fourth-order valence-corrected chi connectivity index (χ4v) is 3.99. The fraction of sp³-hybridized carbons (Fsp3) is 0.409. The Hall–Kier alpha value is -2.13. The van der Waals surface area contributed by atoms with Gasteiger partial charge in [-0.1, -0.05) is 48.2 Å². The number of carbonyl (C=O) groups excluding carboxylic acids is 1. The van der Waals surface area contributed by atoms with Crippen molar-refractivity contribution in [2.24, 2.45) is 0 Å². The Balaban J connectivity index is 1.79. The minimum atomic E-state index is -1.84. The number of hydrogen-bond donors (Lipinski definition) is 1. The number of benzene rings is 1. The molecule has 1 aromatic carbocycles. The van der Waals surface area contributed by atoms with Gasteiger partial charge < -0.3 is 9.84 Å². The lowest BCUT2D eigenvalue weighted by molar-refractivity contribution is -0.170. The summed E-state index contributed by atoms with van der Waals surface area (Å²) in [6, 6.07) is 12.4. The summed E-state index contributed by atoms with van der Waals surface area (Å²) in [6.07, 6.45) is 2.43. The van der Waals surface area contributed by atoms with Crippen LogP contribution in [0.15, 0.2) is 47.8 Å². The molecule has 2 heterocycles. The molecule has 1 aliphatic heterocycles. The number of likely N-dealkylation sites (tertiary alicyclic amines) is 1. The van der Waals surface area contributed by atoms with E-state index in [1.807, 2.05) is 17.5 Å². The number of hydrogen-bond acceptors (Lipinski definition) is 5. The average Bonchev–Trinajstić information content (AvgIpc) is 3.35. The predicted molar refractivity (Wildman–Crippen MR) is 107 cm³/mol. The van der Waals surface area contributed by atoms with Crippen LogP contribution in [0.25, 0.3) is 0 Å². The molecule has 1 aliphatic rings. The van der Waals surface area contributed by atoms with Crippen LogP contribution in [0.3, 0.4) is 0 Å². The van der Waals surface area contributed by atoms with Crippen LogP contribution in [0.5, 0.6) is 0 Å². The summed E-state index contributed by atoms with van der Waals surface area (Å²) >= 11 is 1.32. The zero-order chi connectivity index (χ0) is 19.3. The minimum Gasteiger partial charge on any atom is -0.444 e. The second-order valence-corrected chi connectivity index (χ2v) is 8.19. The summed E-state index contributed by atoms with van der Waals surface area (Å²) in [4.78, 5) is 15.9. The summed E-state index contributed by atoms with van der Waals surface area (Å²) < 4.78 is 5.67. The summed E-state index contributed by atoms with van der Waals surface area (Å²) in [7, 11) is 0. The van der Waals surface area contributed by atoms with E-state index in [4.69, 9.17) is 4.74 Å². The van der Waals surface area contributed by atoms with Gasteiger partial charge in [0.05, 0.1) is 11.4 Å². The van der Waals surface area contributed by atoms with Gasteiger partial charge in [0.25, 0.3) is 0 Å². The van der Waals surface area contributed by atoms with E-state index in [2.05, 4.69) is 16.7 Å². The van der Waals surface area contributed by atoms with E-state index in [1.54, 1.807) is 44.2 Å². The minimum absolute atomic E-state index is 0.485. The van der Waals surface area contributed by atoms with Crippen LogP contribution in [-0.4, -0.2) is 41.2 Å². The zero-order valence-corrected chi connectivity index (χ0v) is 16.6. The number of rotatable bonds is 5. The molecule has 2 aromatic rings. The number of carbonyl (C=O) groups is 1. The van der Waals surface area contributed by atoms with Crippen molar-refractivity contribution in [3.8, 4) is 11.8 Å². The highest BCUT2D eigenvalue weighted by Gasteiger charge is 2.44. The smallest absolute Gasteiger partial charge is 0.350 e. The Kier molecular flexibility index (Phi) is 6.01. The molecule has 1 unspecified atom stereocenters. The summed E-state index contributed by atoms with van der Waals surface area (Å²) in [5.74, 6) is 5.45. The van der Waals surface area contributed by atoms with Crippen molar-refractivity contribution < 1.29 is 14.6 Å². The van der Waals surface area contributed by atoms with E-state index in [0.717, 1.165) is 13.1 Å². The Morgan fingerprint density at radius 2 is 1.89 bits per heavy atom. The number of thiophene rings is 1. The molecule has 0 saturated carbocycles. The molecule has 5 heteroatoms. The molecular weight excluding hydrogens is 358 g/mol. The maximum atomic E-state index is 13.1. The molecule has 0 spiro atoms. The molecule has 0 amide bonds. The third-order valence-electron chi connectivity index (χ3n) is 4.60. The molecule has 1 fully saturated rings. The van der Waals surface area contributed by atoms with Gasteiger partial charge in [-0.05, 0) is 51.2 Å². The van der Waals surface area contributed by atoms with Gasteiger partial charge in [-0.2, -0.15) is 0 Å². The molecule has 0 aliphatic carbocycles. The van der Waals surface area contributed by atoms with E-state index < -0.39 is 17.2 Å². The van der Waals surface area contributed by atoms with E-state index in [-0.39, 0.29) is 0 Å². The molecule has 1 aromatic heterocycles. The number of nitrogens with zero attached hydrogens (tertiary/aromatic N) is 1. The molecule has 3 rings (SSSR count). The molecule has 1 atom stereocenters. The van der Waals surface area contributed by atoms with E-state index in [1.165, 1.54) is 24.2 Å². The highest BCUT2D eigenvalue weighted by atomic mass is 32.1. The van der Waals surface area contributed by atoms with Crippen molar-refractivity contribution in [1.29, 1.82) is 0 Å². The molecule has 0 radical (unpaired) electrons. The second kappa shape index (κ2) is 8.26. The van der Waals surface area contributed by atoms with Gasteiger partial charge in [0.15, 0.2) is 5.60 Å². The van der Waals surface area contributed by atoms with E-state index in [0.29, 0.717) is 17.0 Å². The van der Waals surface area contributed by atoms with Crippen LogP contribution in [0.1, 0.15) is 37.1 Å². The van der Waals surface area contributed by atoms with E-state index >= 15 is 0 Å². The first-order valence-corrected chi connectivity index (χ1v) is 10.1. The van der Waals surface area contributed by atoms with Crippen LogP contribution in [0.4, 0.5) is 0 Å². The molecular formula is C22H25NO3S. The molecule has 27 heavy (non-hydrogen) atoms. The van der Waals surface area contributed by atoms with Gasteiger partial charge in [-0.25, -0.2) is 4.79 Å². The standard InChI is InChI=1S/C22H25NO3S/c1-21(2,13-9-16-23-14-6-7-15-23)26-20(24)22(25,19-12-8-17-27-19)18-10-4-3-5-11-18/h3-5,8,10-12,17,25H,6-7,14-16H2,1-2H3. The fourth-order valence-electron chi connectivity index (χ4n) is 3.16. The van der Waals surface area contributed by atoms with Crippen molar-refractivity contribution >= 4 is 17.3 Å². The largest absolute Gasteiger partial charge is 0.444 e. The Morgan fingerprint density at radius 1 is 1.19 bits per heavy atom. The lowest BCUT2D eigenvalue weighted by Gasteiger charge is -2.29. The Morgan fingerprint density at radius 3 is 2.52 bits per heavy atom. The quantitative estimate of drug-likeness (QED) is 0.635. The predicted octanol–water partition coefficient (Wildman–Crippen LogP) is 3.41. The number of esters is 1. The number of aliphatic hydroxyl groups is 1. The Labute approximate surface area is 164 Å². The second-order valence-electron chi connectivity index (χ2n) is 7.24. The first-order valence-electron chi connectivity index (χ1n) is 9.19. The van der Waals surface area contributed by atoms with Gasteiger partial charge in [0, 0.05) is 5.56 Å². The maximum absolute atomic E-state index is 13.1. The van der Waals surface area contributed by atoms with Crippen molar-refractivity contribution in [2.75, 3.05) is 19.6 Å². The van der Waals surface area contributed by atoms with Gasteiger partial charge >= 0.3 is 5.97 Å². The van der Waals surface area contributed by atoms with Gasteiger partial charge in [-0.15, -0.1) is 11.3 Å². The first kappa shape index (κ1) is 19.6. The highest BCUT2D eigenvalue weighted by Crippen LogP contribution is 2.35. The summed E-state index contributed by atoms with van der Waals surface area (Å²) in [6.45, 7) is 6.32. The first-order chi connectivity index (χ1) is 12.9. The summed E-state index contributed by atoms with van der Waals surface area (Å²) in [5, 5.41) is 13.2. The van der Waals surface area contributed by atoms with Crippen molar-refractivity contribution in [3.05, 3.63) is 58.3 Å². The van der Waals surface area contributed by atoms with Crippen molar-refractivity contribution in [1.82, 2.24) is 4.90 Å². The van der Waals surface area contributed by atoms with Crippen LogP contribution >= 0.6 is 11.3 Å². The molecule has 0 bridgehead atoms.